The van der Waals surface area contributed by atoms with E-state index in [-0.39, 0.29) is 18.2 Å². The standard InChI is InChI=1S/C26H24N2O2/c1-2-3-15-27-17-22(20-12-6-7-13-23(20)27)21-16-25(29)28(26(21)30)24-14-8-10-18-9-4-5-11-19(18)24/h4-14,17,21H,2-3,15-16H2,1H3/t21-/m1/s1. The Morgan fingerprint density at radius 2 is 1.63 bits per heavy atom. The number of fused-ring (bicyclic) bond motifs is 2. The van der Waals surface area contributed by atoms with Gasteiger partial charge in [0.05, 0.1) is 11.6 Å². The Hall–Kier alpha value is -3.40. The van der Waals surface area contributed by atoms with E-state index >= 15 is 0 Å². The topological polar surface area (TPSA) is 42.3 Å². The molecule has 1 aliphatic heterocycles. The molecule has 0 aliphatic carbocycles. The lowest BCUT2D eigenvalue weighted by atomic mass is 9.97. The van der Waals surface area contributed by atoms with Crippen molar-refractivity contribution in [1.29, 1.82) is 0 Å². The number of rotatable bonds is 5. The van der Waals surface area contributed by atoms with Crippen molar-refractivity contribution >= 4 is 39.2 Å². The van der Waals surface area contributed by atoms with Crippen LogP contribution in [0.3, 0.4) is 0 Å². The first kappa shape index (κ1) is 18.6. The minimum absolute atomic E-state index is 0.130. The summed E-state index contributed by atoms with van der Waals surface area (Å²) in [5.74, 6) is -0.703. The van der Waals surface area contributed by atoms with Gasteiger partial charge in [-0.15, -0.1) is 0 Å². The van der Waals surface area contributed by atoms with E-state index in [0.29, 0.717) is 5.69 Å². The SMILES string of the molecule is CCCCn1cc([C@H]2CC(=O)N(c3cccc4ccccc34)C2=O)c2ccccc21. The molecule has 5 rings (SSSR count). The van der Waals surface area contributed by atoms with Crippen LogP contribution >= 0.6 is 0 Å². The van der Waals surface area contributed by atoms with Crippen molar-refractivity contribution in [1.82, 2.24) is 4.57 Å². The Labute approximate surface area is 175 Å². The van der Waals surface area contributed by atoms with Crippen molar-refractivity contribution < 1.29 is 9.59 Å². The molecule has 4 heteroatoms. The molecule has 1 atom stereocenters. The molecule has 0 N–H and O–H groups in total. The highest BCUT2D eigenvalue weighted by molar-refractivity contribution is 6.26. The molecule has 0 bridgehead atoms. The second-order valence-corrected chi connectivity index (χ2v) is 7.97. The molecule has 0 saturated carbocycles. The molecule has 1 aliphatic rings. The number of carbonyl (C=O) groups excluding carboxylic acids is 2. The van der Waals surface area contributed by atoms with Crippen LogP contribution in [0.15, 0.2) is 72.9 Å². The van der Waals surface area contributed by atoms with Gasteiger partial charge in [-0.2, -0.15) is 0 Å². The lowest BCUT2D eigenvalue weighted by molar-refractivity contribution is -0.121. The van der Waals surface area contributed by atoms with Crippen LogP contribution in [0.1, 0.15) is 37.7 Å². The van der Waals surface area contributed by atoms with Crippen LogP contribution in [0.25, 0.3) is 21.7 Å². The van der Waals surface area contributed by atoms with Gasteiger partial charge in [-0.05, 0) is 29.5 Å². The number of unbranched alkanes of at least 4 members (excludes halogenated alkanes) is 1. The van der Waals surface area contributed by atoms with Crippen LogP contribution in [0.4, 0.5) is 5.69 Å². The van der Waals surface area contributed by atoms with E-state index in [1.807, 2.05) is 54.6 Å². The summed E-state index contributed by atoms with van der Waals surface area (Å²) in [7, 11) is 0. The van der Waals surface area contributed by atoms with Crippen LogP contribution in [0.5, 0.6) is 0 Å². The highest BCUT2D eigenvalue weighted by atomic mass is 16.2. The van der Waals surface area contributed by atoms with E-state index < -0.39 is 5.92 Å². The lowest BCUT2D eigenvalue weighted by Gasteiger charge is -2.17. The molecule has 150 valence electrons. The summed E-state index contributed by atoms with van der Waals surface area (Å²) in [6, 6.07) is 21.8. The largest absolute Gasteiger partial charge is 0.347 e. The number of benzene rings is 3. The highest BCUT2D eigenvalue weighted by Gasteiger charge is 2.42. The zero-order chi connectivity index (χ0) is 20.7. The Morgan fingerprint density at radius 1 is 0.900 bits per heavy atom. The minimum atomic E-state index is -0.441. The fraction of sp³-hybridized carbons (Fsp3) is 0.231. The smallest absolute Gasteiger partial charge is 0.241 e. The Bertz CT molecular complexity index is 1270. The van der Waals surface area contributed by atoms with Gasteiger partial charge >= 0.3 is 0 Å². The number of nitrogens with zero attached hydrogens (tertiary/aromatic N) is 2. The maximum Gasteiger partial charge on any atom is 0.241 e. The van der Waals surface area contributed by atoms with Crippen molar-refractivity contribution in [2.24, 2.45) is 0 Å². The number of carbonyl (C=O) groups is 2. The van der Waals surface area contributed by atoms with Gasteiger partial charge < -0.3 is 4.57 Å². The molecule has 1 fully saturated rings. The van der Waals surface area contributed by atoms with Gasteiger partial charge in [0.2, 0.25) is 11.8 Å². The molecule has 4 aromatic rings. The highest BCUT2D eigenvalue weighted by Crippen LogP contribution is 2.39. The number of amides is 2. The van der Waals surface area contributed by atoms with E-state index in [2.05, 4.69) is 29.8 Å². The van der Waals surface area contributed by atoms with Crippen LogP contribution in [0.2, 0.25) is 0 Å². The normalized spacial score (nSPS) is 16.8. The maximum absolute atomic E-state index is 13.5. The van der Waals surface area contributed by atoms with Crippen molar-refractivity contribution in [2.75, 3.05) is 4.90 Å². The average molecular weight is 396 g/mol. The van der Waals surface area contributed by atoms with Crippen molar-refractivity contribution in [3.63, 3.8) is 0 Å². The third-order valence-electron chi connectivity index (χ3n) is 6.10. The summed E-state index contributed by atoms with van der Waals surface area (Å²) in [5, 5.41) is 3.02. The molecular formula is C26H24N2O2. The van der Waals surface area contributed by atoms with E-state index in [0.717, 1.165) is 46.6 Å². The molecule has 4 nitrogen and oxygen atoms in total. The quantitative estimate of drug-likeness (QED) is 0.410. The molecule has 3 aromatic carbocycles. The number of hydrogen-bond donors (Lipinski definition) is 0. The average Bonchev–Trinajstić information content (AvgIpc) is 3.28. The van der Waals surface area contributed by atoms with E-state index in [9.17, 15) is 9.59 Å². The second-order valence-electron chi connectivity index (χ2n) is 7.97. The summed E-state index contributed by atoms with van der Waals surface area (Å²) in [4.78, 5) is 27.9. The number of para-hydroxylation sites is 1. The molecule has 2 amide bonds. The predicted molar refractivity (Wildman–Crippen MR) is 121 cm³/mol. The molecule has 1 aromatic heterocycles. The van der Waals surface area contributed by atoms with E-state index in [4.69, 9.17) is 0 Å². The first-order valence-electron chi connectivity index (χ1n) is 10.6. The fourth-order valence-corrected chi connectivity index (χ4v) is 4.60. The Morgan fingerprint density at radius 3 is 2.47 bits per heavy atom. The summed E-state index contributed by atoms with van der Waals surface area (Å²) < 4.78 is 2.23. The molecule has 1 saturated heterocycles. The van der Waals surface area contributed by atoms with Gasteiger partial charge in [0.15, 0.2) is 0 Å². The van der Waals surface area contributed by atoms with Crippen molar-refractivity contribution in [3.05, 3.63) is 78.5 Å². The Kier molecular flexibility index (Phi) is 4.62. The van der Waals surface area contributed by atoms with Gasteiger partial charge in [0.1, 0.15) is 0 Å². The molecular weight excluding hydrogens is 372 g/mol. The molecule has 0 unspecified atom stereocenters. The zero-order valence-electron chi connectivity index (χ0n) is 17.0. The van der Waals surface area contributed by atoms with Gasteiger partial charge in [0.25, 0.3) is 0 Å². The van der Waals surface area contributed by atoms with Crippen LogP contribution in [-0.2, 0) is 16.1 Å². The number of aryl methyl sites for hydroxylation is 1. The Balaban J connectivity index is 1.58. The van der Waals surface area contributed by atoms with E-state index in [1.165, 1.54) is 4.90 Å². The van der Waals surface area contributed by atoms with Gasteiger partial charge in [-0.25, -0.2) is 4.90 Å². The lowest BCUT2D eigenvalue weighted by Crippen LogP contribution is -2.30. The maximum atomic E-state index is 13.5. The van der Waals surface area contributed by atoms with Crippen molar-refractivity contribution in [3.8, 4) is 0 Å². The summed E-state index contributed by atoms with van der Waals surface area (Å²) in [6.45, 7) is 3.09. The third kappa shape index (κ3) is 2.91. The van der Waals surface area contributed by atoms with Crippen LogP contribution in [0, 0.1) is 0 Å². The zero-order valence-corrected chi connectivity index (χ0v) is 17.0. The number of anilines is 1. The third-order valence-corrected chi connectivity index (χ3v) is 6.10. The summed E-state index contributed by atoms with van der Waals surface area (Å²) in [5.41, 5.74) is 2.77. The molecule has 0 radical (unpaired) electrons. The first-order chi connectivity index (χ1) is 14.7. The van der Waals surface area contributed by atoms with E-state index in [1.54, 1.807) is 0 Å². The number of aromatic nitrogens is 1. The molecule has 30 heavy (non-hydrogen) atoms. The molecule has 0 spiro atoms. The fourth-order valence-electron chi connectivity index (χ4n) is 4.60. The summed E-state index contributed by atoms with van der Waals surface area (Å²) >= 11 is 0. The minimum Gasteiger partial charge on any atom is -0.347 e. The monoisotopic (exact) mass is 396 g/mol. The number of hydrogen-bond acceptors (Lipinski definition) is 2. The van der Waals surface area contributed by atoms with Gasteiger partial charge in [-0.1, -0.05) is 67.9 Å². The van der Waals surface area contributed by atoms with Gasteiger partial charge in [0, 0.05) is 35.5 Å². The van der Waals surface area contributed by atoms with Crippen molar-refractivity contribution in [2.45, 2.75) is 38.6 Å². The predicted octanol–water partition coefficient (Wildman–Crippen LogP) is 5.64. The first-order valence-corrected chi connectivity index (χ1v) is 10.6. The summed E-state index contributed by atoms with van der Waals surface area (Å²) in [6.07, 6.45) is 4.49. The van der Waals surface area contributed by atoms with Crippen LogP contribution < -0.4 is 4.90 Å². The second kappa shape index (κ2) is 7.45. The molecule has 2 heterocycles. The van der Waals surface area contributed by atoms with Crippen LogP contribution in [-0.4, -0.2) is 16.4 Å². The van der Waals surface area contributed by atoms with Gasteiger partial charge in [-0.3, -0.25) is 9.59 Å². The number of imide groups is 1.